The number of carbonyl (C=O) groups is 2. The molecule has 4 heterocycles. The van der Waals surface area contributed by atoms with Crippen molar-refractivity contribution >= 4 is 56.1 Å². The number of imidazole rings is 2. The van der Waals surface area contributed by atoms with Gasteiger partial charge in [0.1, 0.15) is 36.1 Å². The van der Waals surface area contributed by atoms with Crippen molar-refractivity contribution in [1.82, 2.24) is 18.3 Å². The fraction of sp³-hybridized carbons (Fsp3) is 0.174. The zero-order valence-corrected chi connectivity index (χ0v) is 30.9. The maximum atomic E-state index is 12.8. The topological polar surface area (TPSA) is 112 Å². The standard InChI is InChI=1S/C46H40N6O4/c53-31-56-45-28-44(52-40-14-4-2-12-35(40)37-26-33(16-18-42(37)52)10-6-8-22-50-24-20-48-30-50)43(27-38(45)46(54)55)51-39-13-3-1-11-34(39)36-25-32(15-17-41(36)51)9-5-7-21-49-23-19-47-29-49/h1-4,11-20,23-31H,5-10,21-22H2,(H,54,55)/p+2. The Morgan fingerprint density at radius 2 is 1.11 bits per heavy atom. The monoisotopic (exact) mass is 742 g/mol. The van der Waals surface area contributed by atoms with Crippen LogP contribution in [0.25, 0.3) is 55.0 Å². The zero-order chi connectivity index (χ0) is 38.0. The van der Waals surface area contributed by atoms with Gasteiger partial charge in [-0.05, 0) is 92.1 Å². The Hall–Kier alpha value is -6.94. The quantitative estimate of drug-likeness (QED) is 0.0840. The number of hydrogen-bond donors (Lipinski definition) is 1. The van der Waals surface area contributed by atoms with Gasteiger partial charge >= 0.3 is 5.97 Å². The van der Waals surface area contributed by atoms with E-state index in [-0.39, 0.29) is 17.8 Å². The number of nitrogens with zero attached hydrogens (tertiary/aromatic N) is 4. The number of aromatic carboxylic acids is 1. The second kappa shape index (κ2) is 15.1. The molecule has 0 atom stereocenters. The second-order valence-electron chi connectivity index (χ2n) is 14.4. The van der Waals surface area contributed by atoms with Crippen molar-refractivity contribution in [2.24, 2.45) is 0 Å². The van der Waals surface area contributed by atoms with Crippen LogP contribution in [0.4, 0.5) is 0 Å². The van der Waals surface area contributed by atoms with Crippen LogP contribution in [0.3, 0.4) is 0 Å². The summed E-state index contributed by atoms with van der Waals surface area (Å²) in [5, 5.41) is 14.8. The summed E-state index contributed by atoms with van der Waals surface area (Å²) in [6.07, 6.45) is 18.1. The lowest BCUT2D eigenvalue weighted by atomic mass is 10.0. The lowest BCUT2D eigenvalue weighted by Gasteiger charge is -2.19. The number of rotatable bonds is 15. The summed E-state index contributed by atoms with van der Waals surface area (Å²) >= 11 is 0. The van der Waals surface area contributed by atoms with Gasteiger partial charge in [0.2, 0.25) is 12.7 Å². The van der Waals surface area contributed by atoms with E-state index in [0.717, 1.165) is 95.2 Å². The predicted molar refractivity (Wildman–Crippen MR) is 217 cm³/mol. The molecule has 0 radical (unpaired) electrons. The number of carboxylic acids is 1. The third kappa shape index (κ3) is 6.49. The number of ether oxygens (including phenoxy) is 1. The zero-order valence-electron chi connectivity index (χ0n) is 30.9. The van der Waals surface area contributed by atoms with Crippen molar-refractivity contribution in [3.63, 3.8) is 0 Å². The Bertz CT molecular complexity index is 2850. The third-order valence-electron chi connectivity index (χ3n) is 10.9. The Balaban J connectivity index is 1.18. The van der Waals surface area contributed by atoms with Crippen LogP contribution in [0.1, 0.15) is 47.2 Å². The van der Waals surface area contributed by atoms with Gasteiger partial charge in [-0.3, -0.25) is 14.8 Å². The Morgan fingerprint density at radius 1 is 0.607 bits per heavy atom. The number of nitrogens with one attached hydrogen (secondary N) is 2. The second-order valence-corrected chi connectivity index (χ2v) is 14.4. The van der Waals surface area contributed by atoms with Gasteiger partial charge in [0.15, 0.2) is 0 Å². The van der Waals surface area contributed by atoms with Gasteiger partial charge in [0.05, 0.1) is 46.5 Å². The summed E-state index contributed by atoms with van der Waals surface area (Å²) in [6.45, 7) is 2.21. The van der Waals surface area contributed by atoms with Crippen LogP contribution < -0.4 is 14.7 Å². The van der Waals surface area contributed by atoms with Gasteiger partial charge in [-0.1, -0.05) is 48.5 Å². The molecular formula is C46H42N6O4+2. The van der Waals surface area contributed by atoms with Crippen LogP contribution >= 0.6 is 0 Å². The summed E-state index contributed by atoms with van der Waals surface area (Å²) in [6, 6.07) is 33.1. The molecule has 9 rings (SSSR count). The smallest absolute Gasteiger partial charge is 0.339 e. The molecule has 5 aromatic carbocycles. The maximum absolute atomic E-state index is 12.8. The number of carboxylic acid groups (broad SMARTS) is 1. The Labute approximate surface area is 322 Å². The van der Waals surface area contributed by atoms with Crippen molar-refractivity contribution < 1.29 is 29.4 Å². The van der Waals surface area contributed by atoms with E-state index < -0.39 is 5.97 Å². The molecule has 0 aliphatic carbocycles. The molecular weight excluding hydrogens is 701 g/mol. The third-order valence-corrected chi connectivity index (χ3v) is 10.9. The molecule has 10 heteroatoms. The van der Waals surface area contributed by atoms with E-state index in [1.54, 1.807) is 12.1 Å². The predicted octanol–water partition coefficient (Wildman–Crippen LogP) is 8.39. The highest BCUT2D eigenvalue weighted by Crippen LogP contribution is 2.41. The minimum Gasteiger partial charge on any atom is -0.478 e. The summed E-state index contributed by atoms with van der Waals surface area (Å²) in [5.74, 6) is -1.20. The van der Waals surface area contributed by atoms with E-state index in [2.05, 4.69) is 88.9 Å². The van der Waals surface area contributed by atoms with Gasteiger partial charge in [0.25, 0.3) is 6.47 Å². The number of aromatic amines is 2. The average molecular weight is 743 g/mol. The van der Waals surface area contributed by atoms with E-state index in [1.807, 2.05) is 61.7 Å². The summed E-state index contributed by atoms with van der Waals surface area (Å²) in [7, 11) is 0. The number of carbonyl (C=O) groups excluding carboxylic acids is 1. The van der Waals surface area contributed by atoms with E-state index in [1.165, 1.54) is 11.1 Å². The van der Waals surface area contributed by atoms with E-state index >= 15 is 0 Å². The first kappa shape index (κ1) is 34.8. The number of aryl methyl sites for hydroxylation is 4. The highest BCUT2D eigenvalue weighted by molar-refractivity contribution is 6.12. The molecule has 0 saturated carbocycles. The minimum absolute atomic E-state index is 0.0186. The van der Waals surface area contributed by atoms with Crippen molar-refractivity contribution in [3.05, 3.63) is 151 Å². The molecule has 278 valence electrons. The fourth-order valence-corrected chi connectivity index (χ4v) is 8.27. The molecule has 0 aliphatic rings. The molecule has 10 nitrogen and oxygen atoms in total. The normalized spacial score (nSPS) is 11.6. The lowest BCUT2D eigenvalue weighted by molar-refractivity contribution is -0.377. The molecule has 3 N–H and O–H groups in total. The number of hydrogen-bond acceptors (Lipinski definition) is 3. The van der Waals surface area contributed by atoms with Crippen LogP contribution in [-0.4, -0.2) is 35.8 Å². The first-order valence-corrected chi connectivity index (χ1v) is 19.2. The molecule has 0 spiro atoms. The van der Waals surface area contributed by atoms with Crippen molar-refractivity contribution in [2.75, 3.05) is 0 Å². The van der Waals surface area contributed by atoms with E-state index in [4.69, 9.17) is 4.74 Å². The van der Waals surface area contributed by atoms with Crippen LogP contribution in [0.2, 0.25) is 0 Å². The fourth-order valence-electron chi connectivity index (χ4n) is 8.27. The highest BCUT2D eigenvalue weighted by Gasteiger charge is 2.24. The molecule has 0 saturated heterocycles. The maximum Gasteiger partial charge on any atom is 0.339 e. The number of unbranched alkanes of at least 4 members (excludes halogenated alkanes) is 2. The van der Waals surface area contributed by atoms with Crippen molar-refractivity contribution in [2.45, 2.75) is 51.6 Å². The number of para-hydroxylation sites is 2. The molecule has 56 heavy (non-hydrogen) atoms. The van der Waals surface area contributed by atoms with Crippen LogP contribution in [0.5, 0.6) is 5.75 Å². The largest absolute Gasteiger partial charge is 0.478 e. The molecule has 0 amide bonds. The van der Waals surface area contributed by atoms with Crippen molar-refractivity contribution in [1.29, 1.82) is 0 Å². The summed E-state index contributed by atoms with van der Waals surface area (Å²) in [5.41, 5.74) is 7.62. The van der Waals surface area contributed by atoms with Crippen LogP contribution in [-0.2, 0) is 30.7 Å². The van der Waals surface area contributed by atoms with Gasteiger partial charge in [-0.15, -0.1) is 0 Å². The highest BCUT2D eigenvalue weighted by atomic mass is 16.5. The molecule has 9 aromatic rings. The van der Waals surface area contributed by atoms with Gasteiger partial charge < -0.3 is 19.0 Å². The molecule has 0 unspecified atom stereocenters. The van der Waals surface area contributed by atoms with Crippen LogP contribution in [0.15, 0.2) is 135 Å². The number of aromatic nitrogens is 6. The van der Waals surface area contributed by atoms with Crippen molar-refractivity contribution in [3.8, 4) is 17.1 Å². The number of H-pyrrole nitrogens is 2. The summed E-state index contributed by atoms with van der Waals surface area (Å²) < 4.78 is 14.1. The first-order chi connectivity index (χ1) is 27.6. The van der Waals surface area contributed by atoms with Gasteiger partial charge in [-0.2, -0.15) is 0 Å². The van der Waals surface area contributed by atoms with E-state index in [9.17, 15) is 14.7 Å². The minimum atomic E-state index is -1.18. The molecule has 4 aromatic heterocycles. The van der Waals surface area contributed by atoms with Gasteiger partial charge in [0, 0.05) is 27.6 Å². The number of fused-ring (bicyclic) bond motifs is 6. The molecule has 0 bridgehead atoms. The van der Waals surface area contributed by atoms with Gasteiger partial charge in [-0.25, -0.2) is 13.9 Å². The molecule has 0 fully saturated rings. The SMILES string of the molecule is O=COc1cc(-n2c3ccccc3c3cc(CCCCn4cc[nH+]c4)ccc32)c(-n2c3ccccc3c3cc(CCCCn4cc[nH+]c4)ccc32)cc1C(=O)O. The van der Waals surface area contributed by atoms with E-state index in [0.29, 0.717) is 11.4 Å². The van der Waals surface area contributed by atoms with Crippen LogP contribution in [0, 0.1) is 0 Å². The number of benzene rings is 5. The summed E-state index contributed by atoms with van der Waals surface area (Å²) in [4.78, 5) is 30.8. The molecule has 0 aliphatic heterocycles. The first-order valence-electron chi connectivity index (χ1n) is 19.2. The average Bonchev–Trinajstić information content (AvgIpc) is 4.05. The Kier molecular flexibility index (Phi) is 9.36. The lowest BCUT2D eigenvalue weighted by Crippen LogP contribution is -2.09. The Morgan fingerprint density at radius 3 is 1.59 bits per heavy atom.